The van der Waals surface area contributed by atoms with Gasteiger partial charge in [0.15, 0.2) is 6.10 Å². The van der Waals surface area contributed by atoms with Gasteiger partial charge in [-0.05, 0) is 43.0 Å². The fourth-order valence-corrected chi connectivity index (χ4v) is 2.42. The Hall–Kier alpha value is -2.29. The maximum absolute atomic E-state index is 12.4. The number of carbonyl (C=O) groups excluding carboxylic acids is 1. The number of amides is 1. The van der Waals surface area contributed by atoms with E-state index in [1.165, 1.54) is 5.56 Å². The molecule has 0 aliphatic rings. The van der Waals surface area contributed by atoms with Crippen LogP contribution in [0.2, 0.25) is 0 Å². The van der Waals surface area contributed by atoms with E-state index in [-0.39, 0.29) is 11.9 Å². The first kappa shape index (κ1) is 17.1. The molecule has 2 aromatic carbocycles. The minimum Gasteiger partial charge on any atom is -0.481 e. The number of nitrogens with one attached hydrogen (secondary N) is 1. The second kappa shape index (κ2) is 8.37. The zero-order valence-corrected chi connectivity index (χ0v) is 14.1. The number of rotatable bonds is 7. The zero-order chi connectivity index (χ0) is 16.7. The smallest absolute Gasteiger partial charge is 0.261 e. The normalized spacial score (nSPS) is 13.2. The molecule has 3 nitrogen and oxygen atoms in total. The summed E-state index contributed by atoms with van der Waals surface area (Å²) in [5.74, 6) is 0.637. The van der Waals surface area contributed by atoms with E-state index in [0.717, 1.165) is 17.7 Å². The molecule has 3 heteroatoms. The van der Waals surface area contributed by atoms with Crippen LogP contribution in [0.4, 0.5) is 0 Å². The van der Waals surface area contributed by atoms with Gasteiger partial charge in [0.25, 0.3) is 5.91 Å². The van der Waals surface area contributed by atoms with Crippen LogP contribution in [0.25, 0.3) is 0 Å². The van der Waals surface area contributed by atoms with E-state index in [2.05, 4.69) is 36.5 Å². The lowest BCUT2D eigenvalue weighted by Crippen LogP contribution is -2.39. The highest BCUT2D eigenvalue weighted by atomic mass is 16.5. The number of benzene rings is 2. The van der Waals surface area contributed by atoms with Crippen molar-refractivity contribution in [2.45, 2.75) is 45.8 Å². The van der Waals surface area contributed by atoms with E-state index < -0.39 is 6.10 Å². The fourth-order valence-electron chi connectivity index (χ4n) is 2.42. The van der Waals surface area contributed by atoms with Gasteiger partial charge in [-0.3, -0.25) is 4.79 Å². The Labute approximate surface area is 138 Å². The predicted octanol–water partition coefficient (Wildman–Crippen LogP) is 4.28. The number of hydrogen-bond acceptors (Lipinski definition) is 2. The Morgan fingerprint density at radius 2 is 1.70 bits per heavy atom. The third-order valence-electron chi connectivity index (χ3n) is 3.93. The van der Waals surface area contributed by atoms with Crippen LogP contribution in [0.1, 0.15) is 44.4 Å². The van der Waals surface area contributed by atoms with Crippen molar-refractivity contribution >= 4 is 5.91 Å². The Balaban J connectivity index is 1.97. The summed E-state index contributed by atoms with van der Waals surface area (Å²) < 4.78 is 5.79. The first-order valence-electron chi connectivity index (χ1n) is 8.25. The third kappa shape index (κ3) is 4.85. The number of aryl methyl sites for hydroxylation is 1. The van der Waals surface area contributed by atoms with Gasteiger partial charge in [0, 0.05) is 0 Å². The van der Waals surface area contributed by atoms with Crippen molar-refractivity contribution < 1.29 is 9.53 Å². The molecule has 2 rings (SSSR count). The molecule has 0 fully saturated rings. The molecule has 0 saturated heterocycles. The van der Waals surface area contributed by atoms with Gasteiger partial charge >= 0.3 is 0 Å². The van der Waals surface area contributed by atoms with Crippen molar-refractivity contribution in [3.63, 3.8) is 0 Å². The van der Waals surface area contributed by atoms with Gasteiger partial charge in [0.05, 0.1) is 6.04 Å². The second-order valence-electron chi connectivity index (χ2n) is 5.65. The van der Waals surface area contributed by atoms with E-state index in [1.54, 1.807) is 0 Å². The van der Waals surface area contributed by atoms with Gasteiger partial charge in [0.1, 0.15) is 5.75 Å². The summed E-state index contributed by atoms with van der Waals surface area (Å²) in [6.45, 7) is 6.08. The zero-order valence-electron chi connectivity index (χ0n) is 14.1. The third-order valence-corrected chi connectivity index (χ3v) is 3.93. The highest BCUT2D eigenvalue weighted by Gasteiger charge is 2.20. The summed E-state index contributed by atoms with van der Waals surface area (Å²) in [5, 5.41) is 3.04. The van der Waals surface area contributed by atoms with Crippen molar-refractivity contribution in [1.82, 2.24) is 5.32 Å². The number of carbonyl (C=O) groups is 1. The molecular weight excluding hydrogens is 286 g/mol. The molecule has 0 bridgehead atoms. The van der Waals surface area contributed by atoms with Crippen molar-refractivity contribution in [2.24, 2.45) is 0 Å². The van der Waals surface area contributed by atoms with Crippen LogP contribution in [0, 0.1) is 0 Å². The average Bonchev–Trinajstić information content (AvgIpc) is 2.60. The molecule has 1 amide bonds. The molecule has 0 spiro atoms. The first-order valence-corrected chi connectivity index (χ1v) is 8.25. The molecule has 2 atom stereocenters. The molecule has 1 N–H and O–H groups in total. The van der Waals surface area contributed by atoms with Crippen LogP contribution in [0.3, 0.4) is 0 Å². The standard InChI is InChI=1S/C20H25NO2/c1-4-16-11-13-17(14-12-16)15(3)21-20(22)19(5-2)23-18-9-7-6-8-10-18/h6-15,19H,4-5H2,1-3H3,(H,21,22). The minimum atomic E-state index is -0.477. The molecule has 0 heterocycles. The van der Waals surface area contributed by atoms with Crippen LogP contribution >= 0.6 is 0 Å². The molecule has 0 radical (unpaired) electrons. The van der Waals surface area contributed by atoms with Gasteiger partial charge in [-0.1, -0.05) is 56.3 Å². The van der Waals surface area contributed by atoms with Crippen LogP contribution in [0.5, 0.6) is 5.75 Å². The van der Waals surface area contributed by atoms with Gasteiger partial charge in [0.2, 0.25) is 0 Å². The highest BCUT2D eigenvalue weighted by molar-refractivity contribution is 5.81. The molecule has 0 saturated carbocycles. The SMILES string of the molecule is CCc1ccc(C(C)NC(=O)C(CC)Oc2ccccc2)cc1. The molecule has 2 unspecified atom stereocenters. The van der Waals surface area contributed by atoms with Crippen LogP contribution < -0.4 is 10.1 Å². The van der Waals surface area contributed by atoms with E-state index >= 15 is 0 Å². The van der Waals surface area contributed by atoms with Gasteiger partial charge < -0.3 is 10.1 Å². The number of ether oxygens (including phenoxy) is 1. The van der Waals surface area contributed by atoms with E-state index in [0.29, 0.717) is 6.42 Å². The van der Waals surface area contributed by atoms with Crippen LogP contribution in [-0.4, -0.2) is 12.0 Å². The van der Waals surface area contributed by atoms with E-state index in [9.17, 15) is 4.79 Å². The monoisotopic (exact) mass is 311 g/mol. The van der Waals surface area contributed by atoms with E-state index in [4.69, 9.17) is 4.74 Å². The Morgan fingerprint density at radius 1 is 1.04 bits per heavy atom. The van der Waals surface area contributed by atoms with Crippen molar-refractivity contribution in [2.75, 3.05) is 0 Å². The lowest BCUT2D eigenvalue weighted by Gasteiger charge is -2.21. The lowest BCUT2D eigenvalue weighted by atomic mass is 10.0. The quantitative estimate of drug-likeness (QED) is 0.828. The summed E-state index contributed by atoms with van der Waals surface area (Å²) in [6.07, 6.45) is 1.17. The largest absolute Gasteiger partial charge is 0.481 e. The van der Waals surface area contributed by atoms with Gasteiger partial charge in [-0.2, -0.15) is 0 Å². The minimum absolute atomic E-state index is 0.0400. The Bertz CT molecular complexity index is 607. The first-order chi connectivity index (χ1) is 11.1. The molecule has 2 aromatic rings. The van der Waals surface area contributed by atoms with Crippen molar-refractivity contribution in [3.05, 3.63) is 65.7 Å². The summed E-state index contributed by atoms with van der Waals surface area (Å²) in [6, 6.07) is 17.8. The molecular formula is C20H25NO2. The molecule has 0 aliphatic heterocycles. The van der Waals surface area contributed by atoms with Gasteiger partial charge in [-0.25, -0.2) is 0 Å². The van der Waals surface area contributed by atoms with E-state index in [1.807, 2.05) is 44.2 Å². The number of hydrogen-bond donors (Lipinski definition) is 1. The Kier molecular flexibility index (Phi) is 6.21. The maximum atomic E-state index is 12.4. The molecule has 122 valence electrons. The molecule has 0 aromatic heterocycles. The lowest BCUT2D eigenvalue weighted by molar-refractivity contribution is -0.128. The summed E-state index contributed by atoms with van der Waals surface area (Å²) in [5.41, 5.74) is 2.40. The highest BCUT2D eigenvalue weighted by Crippen LogP contribution is 2.16. The maximum Gasteiger partial charge on any atom is 0.261 e. The van der Waals surface area contributed by atoms with Crippen molar-refractivity contribution in [3.8, 4) is 5.75 Å². The average molecular weight is 311 g/mol. The fraction of sp³-hybridized carbons (Fsp3) is 0.350. The van der Waals surface area contributed by atoms with Crippen LogP contribution in [0.15, 0.2) is 54.6 Å². The van der Waals surface area contributed by atoms with Crippen molar-refractivity contribution in [1.29, 1.82) is 0 Å². The summed E-state index contributed by atoms with van der Waals surface area (Å²) >= 11 is 0. The second-order valence-corrected chi connectivity index (χ2v) is 5.65. The molecule has 23 heavy (non-hydrogen) atoms. The topological polar surface area (TPSA) is 38.3 Å². The summed E-state index contributed by atoms with van der Waals surface area (Å²) in [7, 11) is 0. The van der Waals surface area contributed by atoms with Gasteiger partial charge in [-0.15, -0.1) is 0 Å². The number of para-hydroxylation sites is 1. The Morgan fingerprint density at radius 3 is 2.26 bits per heavy atom. The summed E-state index contributed by atoms with van der Waals surface area (Å²) in [4.78, 5) is 12.4. The molecule has 0 aliphatic carbocycles. The predicted molar refractivity (Wildman–Crippen MR) is 93.5 cm³/mol. The van der Waals surface area contributed by atoms with Crippen LogP contribution in [-0.2, 0) is 11.2 Å².